The molecule has 1 atom stereocenters. The van der Waals surface area contributed by atoms with Gasteiger partial charge >= 0.3 is 7.60 Å². The molecule has 1 unspecified atom stereocenters. The molecule has 3 rings (SSSR count). The van der Waals surface area contributed by atoms with Crippen LogP contribution in [-0.4, -0.2) is 54.0 Å². The molecule has 0 aliphatic rings. The number of ether oxygens (including phenoxy) is 1. The molecule has 26 heavy (non-hydrogen) atoms. The largest absolute Gasteiger partial charge is 0.394 e. The van der Waals surface area contributed by atoms with Gasteiger partial charge in [0.1, 0.15) is 18.2 Å². The minimum Gasteiger partial charge on any atom is -0.394 e. The summed E-state index contributed by atoms with van der Waals surface area (Å²) in [5.41, 5.74) is 2.79. The smallest absolute Gasteiger partial charge is 0.350 e. The Morgan fingerprint density at radius 1 is 1.15 bits per heavy atom. The number of aliphatic hydroxyl groups excluding tert-OH is 1. The number of benzene rings is 1. The summed E-state index contributed by atoms with van der Waals surface area (Å²) >= 11 is 0. The summed E-state index contributed by atoms with van der Waals surface area (Å²) in [6.07, 6.45) is 2.73. The highest BCUT2D eigenvalue weighted by Gasteiger charge is 2.19. The van der Waals surface area contributed by atoms with Crippen LogP contribution in [0.25, 0.3) is 22.4 Å². The molecule has 0 saturated heterocycles. The minimum absolute atomic E-state index is 0.0877. The highest BCUT2D eigenvalue weighted by molar-refractivity contribution is 7.51. The number of rotatable bonds is 8. The summed E-state index contributed by atoms with van der Waals surface area (Å²) in [5.74, 6) is 0. The molecule has 3 aromatic rings. The second kappa shape index (κ2) is 8.03. The summed E-state index contributed by atoms with van der Waals surface area (Å²) in [6, 6.07) is 9.19. The van der Waals surface area contributed by atoms with Crippen LogP contribution in [0.4, 0.5) is 0 Å². The maximum Gasteiger partial charge on any atom is 0.350 e. The fourth-order valence-corrected chi connectivity index (χ4v) is 3.05. The van der Waals surface area contributed by atoms with Gasteiger partial charge in [0.2, 0.25) is 0 Å². The zero-order valence-electron chi connectivity index (χ0n) is 13.8. The lowest BCUT2D eigenvalue weighted by molar-refractivity contribution is 0.127. The highest BCUT2D eigenvalue weighted by Crippen LogP contribution is 2.34. The monoisotopic (exact) mass is 378 g/mol. The van der Waals surface area contributed by atoms with Crippen molar-refractivity contribution in [2.75, 3.05) is 19.6 Å². The van der Waals surface area contributed by atoms with E-state index in [1.54, 1.807) is 10.9 Å². The van der Waals surface area contributed by atoms with E-state index in [4.69, 9.17) is 14.5 Å². The molecule has 0 saturated carbocycles. The van der Waals surface area contributed by atoms with E-state index in [2.05, 4.69) is 15.0 Å². The van der Waals surface area contributed by atoms with Gasteiger partial charge in [0, 0.05) is 12.2 Å². The fraction of sp³-hybridized carbons (Fsp3) is 0.312. The molecule has 0 radical (unpaired) electrons. The Bertz CT molecular complexity index is 911. The van der Waals surface area contributed by atoms with Crippen LogP contribution in [0.1, 0.15) is 12.5 Å². The number of hydrogen-bond donors (Lipinski definition) is 3. The van der Waals surface area contributed by atoms with Gasteiger partial charge in [-0.25, -0.2) is 15.0 Å². The number of nitrogens with zero attached hydrogens (tertiary/aromatic N) is 4. The fourth-order valence-electron chi connectivity index (χ4n) is 2.68. The third-order valence-corrected chi connectivity index (χ3v) is 4.39. The van der Waals surface area contributed by atoms with Gasteiger partial charge in [-0.15, -0.1) is 0 Å². The van der Waals surface area contributed by atoms with Crippen molar-refractivity contribution in [2.45, 2.75) is 12.5 Å². The third-order valence-electron chi connectivity index (χ3n) is 3.87. The summed E-state index contributed by atoms with van der Waals surface area (Å²) in [7, 11) is -4.21. The number of imidazole rings is 1. The molecule has 0 spiro atoms. The summed E-state index contributed by atoms with van der Waals surface area (Å²) in [6.45, 7) is -0.0990. The second-order valence-electron chi connectivity index (χ2n) is 5.74. The van der Waals surface area contributed by atoms with E-state index in [1.165, 1.54) is 6.33 Å². The number of aromatic nitrogens is 4. The second-order valence-corrected chi connectivity index (χ2v) is 7.33. The van der Waals surface area contributed by atoms with Gasteiger partial charge < -0.3 is 24.2 Å². The Kier molecular flexibility index (Phi) is 5.75. The van der Waals surface area contributed by atoms with Crippen molar-refractivity contribution < 1.29 is 24.2 Å². The van der Waals surface area contributed by atoms with E-state index in [-0.39, 0.29) is 19.3 Å². The minimum atomic E-state index is -4.21. The molecule has 0 bridgehead atoms. The molecular weight excluding hydrogens is 359 g/mol. The number of hydrogen-bond acceptors (Lipinski definition) is 6. The Hall–Kier alpha value is -2.16. The van der Waals surface area contributed by atoms with E-state index >= 15 is 0 Å². The normalized spacial score (nSPS) is 13.2. The first-order chi connectivity index (χ1) is 12.5. The van der Waals surface area contributed by atoms with Crippen molar-refractivity contribution in [3.05, 3.63) is 43.0 Å². The molecule has 9 nitrogen and oxygen atoms in total. The van der Waals surface area contributed by atoms with Crippen LogP contribution in [0, 0.1) is 0 Å². The van der Waals surface area contributed by atoms with Gasteiger partial charge in [-0.2, -0.15) is 0 Å². The lowest BCUT2D eigenvalue weighted by Crippen LogP contribution is -2.16. The molecule has 2 heterocycles. The molecule has 0 aliphatic heterocycles. The molecule has 138 valence electrons. The van der Waals surface area contributed by atoms with Crippen molar-refractivity contribution in [2.24, 2.45) is 0 Å². The molecule has 1 aromatic carbocycles. The lowest BCUT2D eigenvalue weighted by Gasteiger charge is -2.18. The van der Waals surface area contributed by atoms with Crippen molar-refractivity contribution in [1.82, 2.24) is 19.5 Å². The van der Waals surface area contributed by atoms with E-state index in [0.717, 1.165) is 5.56 Å². The quantitative estimate of drug-likeness (QED) is 0.398. The molecule has 2 aromatic heterocycles. The first-order valence-corrected chi connectivity index (χ1v) is 9.75. The maximum absolute atomic E-state index is 10.8. The first-order valence-electron chi connectivity index (χ1n) is 7.95. The topological polar surface area (TPSA) is 131 Å². The van der Waals surface area contributed by atoms with E-state index in [1.807, 2.05) is 30.3 Å². The van der Waals surface area contributed by atoms with E-state index in [9.17, 15) is 9.67 Å². The van der Waals surface area contributed by atoms with Crippen LogP contribution in [0.15, 0.2) is 43.0 Å². The molecule has 3 N–H and O–H groups in total. The highest BCUT2D eigenvalue weighted by atomic mass is 31.2. The standard InChI is InChI=1S/C16H19N4O5P/c21-8-13(6-7-25-11-26(22,23)24)20-10-19-16-15(20)14(17-9-18-16)12-4-2-1-3-5-12/h1-5,9-10,13,21H,6-8,11H2,(H2,22,23,24). The summed E-state index contributed by atoms with van der Waals surface area (Å²) in [5, 5.41) is 9.78. The molecular formula is C16H19N4O5P. The zero-order valence-corrected chi connectivity index (χ0v) is 14.7. The Balaban J connectivity index is 1.88. The zero-order chi connectivity index (χ0) is 18.6. The van der Waals surface area contributed by atoms with Crippen molar-refractivity contribution in [1.29, 1.82) is 0 Å². The van der Waals surface area contributed by atoms with Crippen LogP contribution in [-0.2, 0) is 9.30 Å². The van der Waals surface area contributed by atoms with Gasteiger partial charge in [-0.1, -0.05) is 30.3 Å². The molecule has 0 amide bonds. The molecule has 0 fully saturated rings. The SMILES string of the molecule is O=P(O)(O)COCCC(CO)n1cnc2ncnc(-c3ccccc3)c21. The first kappa shape index (κ1) is 18.6. The van der Waals surface area contributed by atoms with E-state index in [0.29, 0.717) is 23.3 Å². The number of fused-ring (bicyclic) bond motifs is 1. The molecule has 0 aliphatic carbocycles. The van der Waals surface area contributed by atoms with Gasteiger partial charge in [0.15, 0.2) is 5.65 Å². The predicted molar refractivity (Wildman–Crippen MR) is 94.4 cm³/mol. The Labute approximate surface area is 149 Å². The van der Waals surface area contributed by atoms with Crippen LogP contribution < -0.4 is 0 Å². The van der Waals surface area contributed by atoms with Gasteiger partial charge in [0.05, 0.1) is 24.7 Å². The lowest BCUT2D eigenvalue weighted by atomic mass is 10.1. The molecule has 10 heteroatoms. The van der Waals surface area contributed by atoms with Crippen molar-refractivity contribution in [3.8, 4) is 11.3 Å². The maximum atomic E-state index is 10.8. The summed E-state index contributed by atoms with van der Waals surface area (Å²) < 4.78 is 17.6. The summed E-state index contributed by atoms with van der Waals surface area (Å²) in [4.78, 5) is 30.5. The van der Waals surface area contributed by atoms with Crippen molar-refractivity contribution in [3.63, 3.8) is 0 Å². The van der Waals surface area contributed by atoms with Gasteiger partial charge in [-0.3, -0.25) is 4.57 Å². The Morgan fingerprint density at radius 3 is 2.62 bits per heavy atom. The Morgan fingerprint density at radius 2 is 1.92 bits per heavy atom. The number of aliphatic hydroxyl groups is 1. The van der Waals surface area contributed by atoms with Crippen LogP contribution >= 0.6 is 7.60 Å². The van der Waals surface area contributed by atoms with Gasteiger partial charge in [-0.05, 0) is 6.42 Å². The van der Waals surface area contributed by atoms with Gasteiger partial charge in [0.25, 0.3) is 0 Å². The average Bonchev–Trinajstić information content (AvgIpc) is 3.06. The predicted octanol–water partition coefficient (Wildman–Crippen LogP) is 1.57. The van der Waals surface area contributed by atoms with Crippen LogP contribution in [0.5, 0.6) is 0 Å². The van der Waals surface area contributed by atoms with Crippen LogP contribution in [0.3, 0.4) is 0 Å². The average molecular weight is 378 g/mol. The van der Waals surface area contributed by atoms with Crippen LogP contribution in [0.2, 0.25) is 0 Å². The third kappa shape index (κ3) is 4.32. The van der Waals surface area contributed by atoms with E-state index < -0.39 is 13.9 Å². The van der Waals surface area contributed by atoms with Crippen molar-refractivity contribution >= 4 is 18.8 Å².